The average Bonchev–Trinajstić information content (AvgIpc) is 2.59. The Morgan fingerprint density at radius 1 is 1.54 bits per heavy atom. The lowest BCUT2D eigenvalue weighted by molar-refractivity contribution is -0.115. The van der Waals surface area contributed by atoms with Crippen LogP contribution in [0, 0.1) is 0 Å². The first-order valence-corrected chi connectivity index (χ1v) is 8.27. The van der Waals surface area contributed by atoms with E-state index in [-0.39, 0.29) is 5.75 Å². The van der Waals surface area contributed by atoms with Gasteiger partial charge in [-0.3, -0.25) is 9.79 Å². The molecule has 0 fully saturated rings. The van der Waals surface area contributed by atoms with Gasteiger partial charge in [-0.1, -0.05) is 12.1 Å². The molecule has 0 atom stereocenters. The number of hydrogen-bond donors (Lipinski definition) is 3. The number of amides is 1. The van der Waals surface area contributed by atoms with Gasteiger partial charge < -0.3 is 25.8 Å². The smallest absolute Gasteiger partial charge is 0.213 e. The van der Waals surface area contributed by atoms with Crippen LogP contribution in [0.2, 0.25) is 0 Å². The zero-order chi connectivity index (χ0) is 17.9. The van der Waals surface area contributed by atoms with Crippen molar-refractivity contribution < 1.29 is 14.6 Å². The Balaban J connectivity index is 3.02. The summed E-state index contributed by atoms with van der Waals surface area (Å²) in [5.41, 5.74) is 6.69. The summed E-state index contributed by atoms with van der Waals surface area (Å²) in [5, 5.41) is 13.2. The number of anilines is 1. The summed E-state index contributed by atoms with van der Waals surface area (Å²) in [6.07, 6.45) is 2.34. The maximum absolute atomic E-state index is 10.9. The highest BCUT2D eigenvalue weighted by Gasteiger charge is 2.12. The predicted octanol–water partition coefficient (Wildman–Crippen LogP) is 2.02. The molecule has 4 N–H and O–H groups in total. The van der Waals surface area contributed by atoms with E-state index < -0.39 is 0 Å². The van der Waals surface area contributed by atoms with Gasteiger partial charge in [0.05, 0.1) is 23.4 Å². The first-order chi connectivity index (χ1) is 11.6. The zero-order valence-corrected chi connectivity index (χ0v) is 15.4. The number of ether oxygens (including phenoxy) is 1. The second kappa shape index (κ2) is 10.8. The molecule has 0 saturated heterocycles. The van der Waals surface area contributed by atoms with E-state index in [1.165, 1.54) is 4.90 Å². The number of benzene rings is 1. The molecule has 0 aromatic heterocycles. The van der Waals surface area contributed by atoms with Gasteiger partial charge >= 0.3 is 0 Å². The number of rotatable bonds is 9. The van der Waals surface area contributed by atoms with Gasteiger partial charge in [0.1, 0.15) is 11.6 Å². The minimum atomic E-state index is 0.0769. The number of para-hydroxylation sites is 1. The van der Waals surface area contributed by atoms with Gasteiger partial charge in [0.2, 0.25) is 6.41 Å². The summed E-state index contributed by atoms with van der Waals surface area (Å²) < 4.78 is 6.02. The number of aliphatic imine (C=N–C) groups is 1. The number of amidine groups is 1. The van der Waals surface area contributed by atoms with Crippen LogP contribution >= 0.6 is 15.9 Å². The van der Waals surface area contributed by atoms with Crippen molar-refractivity contribution >= 4 is 33.9 Å². The van der Waals surface area contributed by atoms with Crippen molar-refractivity contribution in [2.75, 3.05) is 32.1 Å². The van der Waals surface area contributed by atoms with Crippen molar-refractivity contribution in [2.45, 2.75) is 13.5 Å². The molecule has 1 aromatic carbocycles. The highest BCUT2D eigenvalue weighted by molar-refractivity contribution is 9.12. The molecule has 0 spiro atoms. The summed E-state index contributed by atoms with van der Waals surface area (Å²) >= 11 is 3.40. The molecule has 7 nitrogen and oxygen atoms in total. The van der Waals surface area contributed by atoms with Crippen LogP contribution in [0.4, 0.5) is 5.69 Å². The highest BCUT2D eigenvalue weighted by Crippen LogP contribution is 2.29. The normalized spacial score (nSPS) is 12.2. The molecular formula is C16H23BrN4O3. The summed E-state index contributed by atoms with van der Waals surface area (Å²) in [7, 11) is 1.61. The zero-order valence-electron chi connectivity index (χ0n) is 13.8. The lowest BCUT2D eigenvalue weighted by Gasteiger charge is -2.16. The van der Waals surface area contributed by atoms with Crippen molar-refractivity contribution in [1.82, 2.24) is 4.90 Å². The quantitative estimate of drug-likeness (QED) is 0.194. The fourth-order valence-corrected chi connectivity index (χ4v) is 2.40. The fraction of sp³-hybridized carbons (Fsp3) is 0.375. The molecule has 0 unspecified atom stereocenters. The topological polar surface area (TPSA) is 100 Å². The van der Waals surface area contributed by atoms with Crippen LogP contribution in [0.25, 0.3) is 0 Å². The number of aromatic hydroxyl groups is 1. The van der Waals surface area contributed by atoms with E-state index in [4.69, 9.17) is 10.5 Å². The number of phenols is 1. The van der Waals surface area contributed by atoms with Crippen LogP contribution in [0.1, 0.15) is 12.5 Å². The molecule has 0 saturated carbocycles. The fourth-order valence-electron chi connectivity index (χ4n) is 1.86. The Morgan fingerprint density at radius 3 is 2.88 bits per heavy atom. The van der Waals surface area contributed by atoms with E-state index in [9.17, 15) is 9.90 Å². The lowest BCUT2D eigenvalue weighted by atomic mass is 10.1. The molecule has 132 valence electrons. The van der Waals surface area contributed by atoms with Gasteiger partial charge in [0.25, 0.3) is 0 Å². The molecule has 1 amide bonds. The SMILES string of the molecule is CCN(C=O)/C=C(/Br)C(=NC)Nc1c(O)cccc1COCCN. The second-order valence-electron chi connectivity index (χ2n) is 4.76. The Kier molecular flexibility index (Phi) is 9.06. The summed E-state index contributed by atoms with van der Waals surface area (Å²) in [4.78, 5) is 16.6. The van der Waals surface area contributed by atoms with Crippen LogP contribution in [-0.2, 0) is 16.1 Å². The van der Waals surface area contributed by atoms with E-state index in [0.29, 0.717) is 42.3 Å². The molecule has 8 heteroatoms. The lowest BCUT2D eigenvalue weighted by Crippen LogP contribution is -2.19. The van der Waals surface area contributed by atoms with E-state index in [1.54, 1.807) is 25.4 Å². The first-order valence-electron chi connectivity index (χ1n) is 7.48. The van der Waals surface area contributed by atoms with Crippen molar-refractivity contribution in [3.05, 3.63) is 34.4 Å². The number of carbonyl (C=O) groups excluding carboxylic acids is 1. The molecule has 0 aliphatic rings. The maximum atomic E-state index is 10.9. The molecule has 0 aliphatic carbocycles. The molecule has 24 heavy (non-hydrogen) atoms. The third-order valence-electron chi connectivity index (χ3n) is 3.12. The Morgan fingerprint density at radius 2 is 2.29 bits per heavy atom. The molecule has 1 rings (SSSR count). The molecule has 1 aromatic rings. The van der Waals surface area contributed by atoms with Gasteiger partial charge in [0.15, 0.2) is 0 Å². The summed E-state index contributed by atoms with van der Waals surface area (Å²) in [5.74, 6) is 0.546. The Bertz CT molecular complexity index is 605. The van der Waals surface area contributed by atoms with Crippen molar-refractivity contribution in [2.24, 2.45) is 10.7 Å². The monoisotopic (exact) mass is 398 g/mol. The van der Waals surface area contributed by atoms with Crippen LogP contribution in [0.15, 0.2) is 33.9 Å². The van der Waals surface area contributed by atoms with E-state index >= 15 is 0 Å². The summed E-state index contributed by atoms with van der Waals surface area (Å²) in [6, 6.07) is 5.15. The van der Waals surface area contributed by atoms with Gasteiger partial charge in [0, 0.05) is 31.9 Å². The van der Waals surface area contributed by atoms with Crippen LogP contribution in [0.5, 0.6) is 5.75 Å². The van der Waals surface area contributed by atoms with Crippen molar-refractivity contribution in [3.63, 3.8) is 0 Å². The minimum absolute atomic E-state index is 0.0769. The van der Waals surface area contributed by atoms with E-state index in [1.807, 2.05) is 13.0 Å². The van der Waals surface area contributed by atoms with Crippen LogP contribution in [0.3, 0.4) is 0 Å². The molecule has 0 radical (unpaired) electrons. The molecular weight excluding hydrogens is 376 g/mol. The maximum Gasteiger partial charge on any atom is 0.213 e. The third kappa shape index (κ3) is 5.95. The highest BCUT2D eigenvalue weighted by atomic mass is 79.9. The number of nitrogens with zero attached hydrogens (tertiary/aromatic N) is 2. The Hall–Kier alpha value is -1.90. The van der Waals surface area contributed by atoms with Crippen LogP contribution < -0.4 is 11.1 Å². The summed E-state index contributed by atoms with van der Waals surface area (Å²) in [6.45, 7) is 3.55. The van der Waals surface area contributed by atoms with Gasteiger partial charge in [-0.15, -0.1) is 0 Å². The third-order valence-corrected chi connectivity index (χ3v) is 3.70. The van der Waals surface area contributed by atoms with Crippen LogP contribution in [-0.4, -0.2) is 49.0 Å². The Labute approximate surface area is 150 Å². The molecule has 0 bridgehead atoms. The first kappa shape index (κ1) is 20.1. The predicted molar refractivity (Wildman–Crippen MR) is 99.3 cm³/mol. The van der Waals surface area contributed by atoms with Gasteiger partial charge in [-0.2, -0.15) is 0 Å². The van der Waals surface area contributed by atoms with Gasteiger partial charge in [-0.05, 0) is 28.9 Å². The van der Waals surface area contributed by atoms with E-state index in [2.05, 4.69) is 26.2 Å². The van der Waals surface area contributed by atoms with Crippen molar-refractivity contribution in [3.8, 4) is 5.75 Å². The standard InChI is InChI=1S/C16H23BrN4O3/c1-3-21(11-22)9-13(17)16(19-2)20-15-12(10-24-8-7-18)5-4-6-14(15)23/h4-6,9,11,23H,3,7-8,10,18H2,1-2H3,(H,19,20)/b13-9+. The van der Waals surface area contributed by atoms with E-state index in [0.717, 1.165) is 12.0 Å². The number of nitrogens with one attached hydrogen (secondary N) is 1. The van der Waals surface area contributed by atoms with Crippen molar-refractivity contribution in [1.29, 1.82) is 0 Å². The largest absolute Gasteiger partial charge is 0.506 e. The molecule has 0 aliphatic heterocycles. The minimum Gasteiger partial charge on any atom is -0.506 e. The number of phenolic OH excluding ortho intramolecular Hbond substituents is 1. The number of hydrogen-bond acceptors (Lipinski definition) is 5. The second-order valence-corrected chi connectivity index (χ2v) is 5.62. The average molecular weight is 399 g/mol. The number of nitrogens with two attached hydrogens (primary N) is 1. The molecule has 0 heterocycles. The van der Waals surface area contributed by atoms with Gasteiger partial charge in [-0.25, -0.2) is 0 Å². The number of halogens is 1. The number of carbonyl (C=O) groups is 1.